The zero-order chi connectivity index (χ0) is 8.48. The fourth-order valence-electron chi connectivity index (χ4n) is 1.76. The van der Waals surface area contributed by atoms with Crippen LogP contribution in [0.15, 0.2) is 0 Å². The second-order valence-corrected chi connectivity index (χ2v) is 5.18. The highest BCUT2D eigenvalue weighted by Crippen LogP contribution is 2.36. The van der Waals surface area contributed by atoms with Crippen molar-refractivity contribution in [3.05, 3.63) is 0 Å². The molecule has 66 valence electrons. The molecule has 1 aliphatic rings. The van der Waals surface area contributed by atoms with Gasteiger partial charge in [-0.2, -0.15) is 11.8 Å². The molecule has 1 fully saturated rings. The monoisotopic (exact) mass is 174 g/mol. The molecule has 0 radical (unpaired) electrons. The van der Waals surface area contributed by atoms with Crippen molar-refractivity contribution in [2.45, 2.75) is 32.8 Å². The van der Waals surface area contributed by atoms with Gasteiger partial charge < -0.3 is 5.11 Å². The van der Waals surface area contributed by atoms with Crippen LogP contribution in [0.2, 0.25) is 0 Å². The Balaban J connectivity index is 2.60. The summed E-state index contributed by atoms with van der Waals surface area (Å²) < 4.78 is 0. The summed E-state index contributed by atoms with van der Waals surface area (Å²) in [4.78, 5) is 0. The molecule has 1 rings (SSSR count). The highest BCUT2D eigenvalue weighted by molar-refractivity contribution is 7.99. The summed E-state index contributed by atoms with van der Waals surface area (Å²) in [5.41, 5.74) is -0.403. The molecular formula is C9H18OS. The molecule has 1 saturated heterocycles. The van der Waals surface area contributed by atoms with E-state index in [9.17, 15) is 5.11 Å². The van der Waals surface area contributed by atoms with Gasteiger partial charge in [-0.05, 0) is 36.7 Å². The van der Waals surface area contributed by atoms with Crippen LogP contribution in [-0.4, -0.2) is 22.2 Å². The van der Waals surface area contributed by atoms with Gasteiger partial charge in [0.25, 0.3) is 0 Å². The van der Waals surface area contributed by atoms with E-state index in [-0.39, 0.29) is 0 Å². The maximum absolute atomic E-state index is 9.99. The van der Waals surface area contributed by atoms with Crippen molar-refractivity contribution < 1.29 is 5.11 Å². The van der Waals surface area contributed by atoms with Crippen LogP contribution in [0.4, 0.5) is 0 Å². The summed E-state index contributed by atoms with van der Waals surface area (Å²) in [5, 5.41) is 9.99. The summed E-state index contributed by atoms with van der Waals surface area (Å²) in [7, 11) is 0. The number of hydrogen-bond acceptors (Lipinski definition) is 2. The molecule has 0 aromatic carbocycles. The molecule has 0 spiro atoms. The number of hydrogen-bond donors (Lipinski definition) is 1. The standard InChI is InChI=1S/C9H18OS/c1-7(2)8-6-11-5-4-9(8,3)10/h7-8,10H,4-6H2,1-3H3. The molecule has 1 aliphatic heterocycles. The highest BCUT2D eigenvalue weighted by atomic mass is 32.2. The molecule has 2 heteroatoms. The van der Waals surface area contributed by atoms with Gasteiger partial charge in [0.05, 0.1) is 5.60 Å². The first-order valence-corrected chi connectivity index (χ1v) is 5.49. The molecule has 1 nitrogen and oxygen atoms in total. The van der Waals surface area contributed by atoms with Gasteiger partial charge in [0.2, 0.25) is 0 Å². The zero-order valence-electron chi connectivity index (χ0n) is 7.63. The molecule has 0 bridgehead atoms. The third-order valence-electron chi connectivity index (χ3n) is 2.65. The second-order valence-electron chi connectivity index (χ2n) is 4.03. The van der Waals surface area contributed by atoms with Crippen LogP contribution in [0, 0.1) is 11.8 Å². The van der Waals surface area contributed by atoms with Crippen molar-refractivity contribution in [3.63, 3.8) is 0 Å². The van der Waals surface area contributed by atoms with E-state index in [1.165, 1.54) is 0 Å². The Morgan fingerprint density at radius 2 is 2.18 bits per heavy atom. The summed E-state index contributed by atoms with van der Waals surface area (Å²) in [5.74, 6) is 3.35. The van der Waals surface area contributed by atoms with E-state index in [0.29, 0.717) is 11.8 Å². The predicted octanol–water partition coefficient (Wildman–Crippen LogP) is 2.15. The van der Waals surface area contributed by atoms with Crippen LogP contribution in [0.5, 0.6) is 0 Å². The van der Waals surface area contributed by atoms with E-state index in [0.717, 1.165) is 17.9 Å². The Hall–Kier alpha value is 0.310. The molecular weight excluding hydrogens is 156 g/mol. The summed E-state index contributed by atoms with van der Waals surface area (Å²) >= 11 is 1.97. The first-order chi connectivity index (χ1) is 5.04. The van der Waals surface area contributed by atoms with Crippen molar-refractivity contribution in [3.8, 4) is 0 Å². The third-order valence-corrected chi connectivity index (χ3v) is 3.74. The molecule has 0 aromatic rings. The molecule has 1 heterocycles. The number of aliphatic hydroxyl groups is 1. The van der Waals surface area contributed by atoms with Crippen LogP contribution in [0.25, 0.3) is 0 Å². The SMILES string of the molecule is CC(C)C1CSCCC1(C)O. The molecule has 0 aromatic heterocycles. The van der Waals surface area contributed by atoms with Gasteiger partial charge in [0, 0.05) is 0 Å². The minimum atomic E-state index is -0.403. The lowest BCUT2D eigenvalue weighted by Gasteiger charge is -2.39. The largest absolute Gasteiger partial charge is 0.390 e. The summed E-state index contributed by atoms with van der Waals surface area (Å²) in [6.07, 6.45) is 0.959. The van der Waals surface area contributed by atoms with Gasteiger partial charge in [-0.3, -0.25) is 0 Å². The van der Waals surface area contributed by atoms with Gasteiger partial charge in [0.15, 0.2) is 0 Å². The van der Waals surface area contributed by atoms with Crippen LogP contribution < -0.4 is 0 Å². The van der Waals surface area contributed by atoms with E-state index in [1.54, 1.807) is 0 Å². The Kier molecular flexibility index (Phi) is 2.87. The first kappa shape index (κ1) is 9.40. The fourth-order valence-corrected chi connectivity index (χ4v) is 3.49. The Morgan fingerprint density at radius 3 is 2.55 bits per heavy atom. The van der Waals surface area contributed by atoms with Crippen molar-refractivity contribution in [2.24, 2.45) is 11.8 Å². The van der Waals surface area contributed by atoms with Crippen LogP contribution in [0.1, 0.15) is 27.2 Å². The minimum Gasteiger partial charge on any atom is -0.390 e. The van der Waals surface area contributed by atoms with Crippen molar-refractivity contribution in [1.82, 2.24) is 0 Å². The van der Waals surface area contributed by atoms with Gasteiger partial charge in [-0.15, -0.1) is 0 Å². The van der Waals surface area contributed by atoms with Crippen molar-refractivity contribution in [1.29, 1.82) is 0 Å². The Labute approximate surface area is 73.6 Å². The molecule has 0 aliphatic carbocycles. The maximum Gasteiger partial charge on any atom is 0.0666 e. The Morgan fingerprint density at radius 1 is 1.55 bits per heavy atom. The Bertz CT molecular complexity index is 132. The van der Waals surface area contributed by atoms with Gasteiger partial charge in [-0.25, -0.2) is 0 Å². The van der Waals surface area contributed by atoms with Gasteiger partial charge in [-0.1, -0.05) is 13.8 Å². The third kappa shape index (κ3) is 2.12. The smallest absolute Gasteiger partial charge is 0.0666 e. The second kappa shape index (κ2) is 3.36. The van der Waals surface area contributed by atoms with Gasteiger partial charge >= 0.3 is 0 Å². The lowest BCUT2D eigenvalue weighted by atomic mass is 9.80. The normalized spacial score (nSPS) is 39.5. The van der Waals surface area contributed by atoms with E-state index in [4.69, 9.17) is 0 Å². The quantitative estimate of drug-likeness (QED) is 0.657. The molecule has 11 heavy (non-hydrogen) atoms. The number of thioether (sulfide) groups is 1. The highest BCUT2D eigenvalue weighted by Gasteiger charge is 2.36. The lowest BCUT2D eigenvalue weighted by Crippen LogP contribution is -2.42. The van der Waals surface area contributed by atoms with Crippen LogP contribution in [-0.2, 0) is 0 Å². The van der Waals surface area contributed by atoms with Crippen molar-refractivity contribution in [2.75, 3.05) is 11.5 Å². The molecule has 1 N–H and O–H groups in total. The molecule has 2 unspecified atom stereocenters. The fraction of sp³-hybridized carbons (Fsp3) is 1.00. The minimum absolute atomic E-state index is 0.403. The summed E-state index contributed by atoms with van der Waals surface area (Å²) in [6, 6.07) is 0. The zero-order valence-corrected chi connectivity index (χ0v) is 8.45. The van der Waals surface area contributed by atoms with Gasteiger partial charge in [0.1, 0.15) is 0 Å². The lowest BCUT2D eigenvalue weighted by molar-refractivity contribution is -0.0155. The first-order valence-electron chi connectivity index (χ1n) is 4.34. The molecule has 2 atom stereocenters. The van der Waals surface area contributed by atoms with Crippen LogP contribution in [0.3, 0.4) is 0 Å². The topological polar surface area (TPSA) is 20.2 Å². The van der Waals surface area contributed by atoms with Crippen molar-refractivity contribution >= 4 is 11.8 Å². The van der Waals surface area contributed by atoms with E-state index < -0.39 is 5.60 Å². The molecule has 0 saturated carbocycles. The molecule has 0 amide bonds. The van der Waals surface area contributed by atoms with E-state index >= 15 is 0 Å². The van der Waals surface area contributed by atoms with E-state index in [1.807, 2.05) is 18.7 Å². The average molecular weight is 174 g/mol. The number of rotatable bonds is 1. The summed E-state index contributed by atoms with van der Waals surface area (Å²) in [6.45, 7) is 6.38. The van der Waals surface area contributed by atoms with E-state index in [2.05, 4.69) is 13.8 Å². The average Bonchev–Trinajstić information content (AvgIpc) is 1.85. The predicted molar refractivity (Wildman–Crippen MR) is 50.9 cm³/mol. The maximum atomic E-state index is 9.99. The van der Waals surface area contributed by atoms with Crippen LogP contribution >= 0.6 is 11.8 Å².